The Morgan fingerprint density at radius 3 is 2.60 bits per heavy atom. The van der Waals surface area contributed by atoms with Gasteiger partial charge in [0.2, 0.25) is 0 Å². The lowest BCUT2D eigenvalue weighted by Gasteiger charge is -2.07. The number of benzene rings is 1. The first kappa shape index (κ1) is 11.2. The van der Waals surface area contributed by atoms with Crippen molar-refractivity contribution < 1.29 is 18.7 Å². The predicted molar refractivity (Wildman–Crippen MR) is 54.0 cm³/mol. The van der Waals surface area contributed by atoms with Gasteiger partial charge in [-0.25, -0.2) is 9.18 Å². The van der Waals surface area contributed by atoms with Crippen LogP contribution in [0.2, 0.25) is 0 Å². The summed E-state index contributed by atoms with van der Waals surface area (Å²) in [5, 5.41) is 0. The van der Waals surface area contributed by atoms with Crippen LogP contribution in [0.5, 0.6) is 5.75 Å². The zero-order chi connectivity index (χ0) is 11.4. The molecule has 0 bridgehead atoms. The fraction of sp³-hybridized carbons (Fsp3) is 0.182. The van der Waals surface area contributed by atoms with Crippen molar-refractivity contribution in [1.82, 2.24) is 0 Å². The van der Waals surface area contributed by atoms with E-state index in [2.05, 4.69) is 11.3 Å². The predicted octanol–water partition coefficient (Wildman–Crippen LogP) is 2.02. The smallest absolute Gasteiger partial charge is 0.337 e. The summed E-state index contributed by atoms with van der Waals surface area (Å²) in [6.07, 6.45) is 0. The Morgan fingerprint density at radius 1 is 1.40 bits per heavy atom. The van der Waals surface area contributed by atoms with Crippen LogP contribution in [0.3, 0.4) is 0 Å². The van der Waals surface area contributed by atoms with Gasteiger partial charge in [-0.1, -0.05) is 6.58 Å². The summed E-state index contributed by atoms with van der Waals surface area (Å²) in [4.78, 5) is 11.1. The number of carbonyl (C=O) groups excluding carboxylic acids is 1. The molecule has 15 heavy (non-hydrogen) atoms. The zero-order valence-corrected chi connectivity index (χ0v) is 8.54. The summed E-state index contributed by atoms with van der Waals surface area (Å²) in [5.41, 5.74) is 0.0510. The molecule has 0 amide bonds. The minimum atomic E-state index is -0.665. The molecule has 3 nitrogen and oxygen atoms in total. The van der Waals surface area contributed by atoms with Gasteiger partial charge in [0.1, 0.15) is 11.6 Å². The van der Waals surface area contributed by atoms with E-state index in [1.54, 1.807) is 0 Å². The van der Waals surface area contributed by atoms with Crippen LogP contribution in [0.25, 0.3) is 5.57 Å². The van der Waals surface area contributed by atoms with E-state index in [1.165, 1.54) is 32.4 Å². The fourth-order valence-electron chi connectivity index (χ4n) is 1.10. The van der Waals surface area contributed by atoms with E-state index >= 15 is 0 Å². The molecule has 4 heteroatoms. The van der Waals surface area contributed by atoms with Gasteiger partial charge in [0.05, 0.1) is 19.8 Å². The van der Waals surface area contributed by atoms with Crippen LogP contribution in [0, 0.1) is 5.82 Å². The molecule has 1 rings (SSSR count). The van der Waals surface area contributed by atoms with Crippen molar-refractivity contribution in [2.45, 2.75) is 0 Å². The first-order valence-corrected chi connectivity index (χ1v) is 4.21. The van der Waals surface area contributed by atoms with Gasteiger partial charge >= 0.3 is 5.97 Å². The SMILES string of the molecule is C=C(C(=O)OC)c1cc(OC)ccc1F. The van der Waals surface area contributed by atoms with Crippen molar-refractivity contribution in [3.8, 4) is 5.75 Å². The summed E-state index contributed by atoms with van der Waals surface area (Å²) < 4.78 is 22.7. The van der Waals surface area contributed by atoms with Crippen LogP contribution in [0.4, 0.5) is 4.39 Å². The molecular weight excluding hydrogens is 199 g/mol. The molecule has 1 aromatic carbocycles. The van der Waals surface area contributed by atoms with Crippen molar-refractivity contribution in [2.24, 2.45) is 0 Å². The van der Waals surface area contributed by atoms with Crippen molar-refractivity contribution >= 4 is 11.5 Å². The first-order valence-electron chi connectivity index (χ1n) is 4.21. The Hall–Kier alpha value is -1.84. The molecule has 1 aromatic rings. The van der Waals surface area contributed by atoms with Gasteiger partial charge in [-0.2, -0.15) is 0 Å². The van der Waals surface area contributed by atoms with Crippen molar-refractivity contribution in [3.05, 3.63) is 36.2 Å². The third kappa shape index (κ3) is 2.34. The Bertz CT molecular complexity index is 399. The van der Waals surface area contributed by atoms with Gasteiger partial charge in [-0.15, -0.1) is 0 Å². The monoisotopic (exact) mass is 210 g/mol. The highest BCUT2D eigenvalue weighted by Gasteiger charge is 2.14. The maximum Gasteiger partial charge on any atom is 0.337 e. The highest BCUT2D eigenvalue weighted by molar-refractivity contribution is 6.15. The van der Waals surface area contributed by atoms with Gasteiger partial charge < -0.3 is 9.47 Å². The average Bonchev–Trinajstić information content (AvgIpc) is 2.27. The summed E-state index contributed by atoms with van der Waals surface area (Å²) in [6.45, 7) is 3.46. The van der Waals surface area contributed by atoms with E-state index in [-0.39, 0.29) is 11.1 Å². The molecule has 0 aromatic heterocycles. The largest absolute Gasteiger partial charge is 0.497 e. The Balaban J connectivity index is 3.12. The second-order valence-corrected chi connectivity index (χ2v) is 2.82. The molecule has 0 heterocycles. The number of carbonyl (C=O) groups is 1. The molecule has 0 saturated carbocycles. The quantitative estimate of drug-likeness (QED) is 0.565. The van der Waals surface area contributed by atoms with Crippen molar-refractivity contribution in [3.63, 3.8) is 0 Å². The lowest BCUT2D eigenvalue weighted by Crippen LogP contribution is -2.04. The van der Waals surface area contributed by atoms with Crippen LogP contribution in [-0.4, -0.2) is 20.2 Å². The Labute approximate surface area is 87.1 Å². The third-order valence-corrected chi connectivity index (χ3v) is 1.93. The van der Waals surface area contributed by atoms with Gasteiger partial charge in [0, 0.05) is 5.56 Å². The molecule has 0 aliphatic rings. The minimum Gasteiger partial charge on any atom is -0.497 e. The second kappa shape index (κ2) is 4.59. The Morgan fingerprint density at radius 2 is 2.07 bits per heavy atom. The molecule has 0 fully saturated rings. The molecule has 0 saturated heterocycles. The van der Waals surface area contributed by atoms with E-state index in [1.807, 2.05) is 0 Å². The molecule has 0 unspecified atom stereocenters. The number of hydrogen-bond donors (Lipinski definition) is 0. The van der Waals surface area contributed by atoms with E-state index in [0.29, 0.717) is 5.75 Å². The lowest BCUT2D eigenvalue weighted by molar-refractivity contribution is -0.133. The van der Waals surface area contributed by atoms with E-state index in [4.69, 9.17) is 4.74 Å². The number of halogens is 1. The molecule has 0 aliphatic carbocycles. The maximum atomic E-state index is 13.3. The first-order chi connectivity index (χ1) is 7.10. The molecule has 0 atom stereocenters. The number of methoxy groups -OCH3 is 2. The normalized spacial score (nSPS) is 9.53. The molecule has 0 N–H and O–H groups in total. The van der Waals surface area contributed by atoms with Crippen molar-refractivity contribution in [2.75, 3.05) is 14.2 Å². The van der Waals surface area contributed by atoms with Crippen LogP contribution in [-0.2, 0) is 9.53 Å². The van der Waals surface area contributed by atoms with Crippen LogP contribution in [0.15, 0.2) is 24.8 Å². The maximum absolute atomic E-state index is 13.3. The number of rotatable bonds is 3. The van der Waals surface area contributed by atoms with Gasteiger partial charge in [0.25, 0.3) is 0 Å². The number of ether oxygens (including phenoxy) is 2. The summed E-state index contributed by atoms with van der Waals surface area (Å²) in [5.74, 6) is -0.746. The second-order valence-electron chi connectivity index (χ2n) is 2.82. The average molecular weight is 210 g/mol. The van der Waals surface area contributed by atoms with E-state index in [0.717, 1.165) is 0 Å². The molecule has 0 spiro atoms. The van der Waals surface area contributed by atoms with Gasteiger partial charge in [0.15, 0.2) is 0 Å². The highest BCUT2D eigenvalue weighted by Crippen LogP contribution is 2.23. The molecule has 0 aliphatic heterocycles. The molecular formula is C11H11FO3. The fourth-order valence-corrected chi connectivity index (χ4v) is 1.10. The van der Waals surface area contributed by atoms with E-state index in [9.17, 15) is 9.18 Å². The Kier molecular flexibility index (Phi) is 3.44. The van der Waals surface area contributed by atoms with Crippen LogP contribution >= 0.6 is 0 Å². The lowest BCUT2D eigenvalue weighted by atomic mass is 10.1. The van der Waals surface area contributed by atoms with E-state index < -0.39 is 11.8 Å². The van der Waals surface area contributed by atoms with Crippen LogP contribution < -0.4 is 4.74 Å². The molecule has 0 radical (unpaired) electrons. The highest BCUT2D eigenvalue weighted by atomic mass is 19.1. The topological polar surface area (TPSA) is 35.5 Å². The summed E-state index contributed by atoms with van der Waals surface area (Å²) in [6, 6.07) is 4.07. The number of esters is 1. The van der Waals surface area contributed by atoms with Gasteiger partial charge in [-0.05, 0) is 18.2 Å². The summed E-state index contributed by atoms with van der Waals surface area (Å²) >= 11 is 0. The van der Waals surface area contributed by atoms with Crippen LogP contribution in [0.1, 0.15) is 5.56 Å². The third-order valence-electron chi connectivity index (χ3n) is 1.93. The van der Waals surface area contributed by atoms with Gasteiger partial charge in [-0.3, -0.25) is 0 Å². The number of hydrogen-bond acceptors (Lipinski definition) is 3. The minimum absolute atomic E-state index is 0.0334. The molecule has 80 valence electrons. The summed E-state index contributed by atoms with van der Waals surface area (Å²) in [7, 11) is 2.67. The van der Waals surface area contributed by atoms with Crippen molar-refractivity contribution in [1.29, 1.82) is 0 Å². The zero-order valence-electron chi connectivity index (χ0n) is 8.54. The standard InChI is InChI=1S/C11H11FO3/c1-7(11(13)15-3)9-6-8(14-2)4-5-10(9)12/h4-6H,1H2,2-3H3.